The minimum Gasteiger partial charge on any atom is -0.443 e. The quantitative estimate of drug-likeness (QED) is 0.404. The summed E-state index contributed by atoms with van der Waals surface area (Å²) in [6.45, 7) is 6.77. The van der Waals surface area contributed by atoms with E-state index < -0.39 is 24.0 Å². The predicted molar refractivity (Wildman–Crippen MR) is 116 cm³/mol. The normalized spacial score (nSPS) is 11.9. The number of carbonyl (C=O) groups is 3. The number of aryl methyl sites for hydroxylation is 1. The van der Waals surface area contributed by atoms with Gasteiger partial charge in [0.2, 0.25) is 6.10 Å². The number of imide groups is 1. The summed E-state index contributed by atoms with van der Waals surface area (Å²) >= 11 is 0. The van der Waals surface area contributed by atoms with Gasteiger partial charge in [0.15, 0.2) is 0 Å². The number of carbonyl (C=O) groups excluding carboxylic acids is 3. The zero-order chi connectivity index (χ0) is 23.0. The molecule has 8 nitrogen and oxygen atoms in total. The van der Waals surface area contributed by atoms with E-state index in [1.165, 1.54) is 13.1 Å². The van der Waals surface area contributed by atoms with E-state index in [-0.39, 0.29) is 5.57 Å². The van der Waals surface area contributed by atoms with E-state index in [0.29, 0.717) is 5.56 Å². The van der Waals surface area contributed by atoms with E-state index in [4.69, 9.17) is 4.74 Å². The van der Waals surface area contributed by atoms with Gasteiger partial charge in [-0.15, -0.1) is 0 Å². The lowest BCUT2D eigenvalue weighted by atomic mass is 10.1. The second kappa shape index (κ2) is 10.8. The molecule has 0 unspecified atom stereocenters. The first-order valence-electron chi connectivity index (χ1n) is 9.89. The van der Waals surface area contributed by atoms with E-state index in [9.17, 15) is 19.6 Å². The average Bonchev–Trinajstić information content (AvgIpc) is 3.03. The molecule has 2 N–H and O–H groups in total. The first-order valence-corrected chi connectivity index (χ1v) is 9.89. The van der Waals surface area contributed by atoms with Crippen molar-refractivity contribution in [3.63, 3.8) is 0 Å². The summed E-state index contributed by atoms with van der Waals surface area (Å²) in [7, 11) is 1.36. The third-order valence-corrected chi connectivity index (χ3v) is 4.73. The number of hydrogen-bond acceptors (Lipinski definition) is 5. The molecule has 8 heteroatoms. The van der Waals surface area contributed by atoms with Crippen molar-refractivity contribution in [1.29, 1.82) is 5.26 Å². The fourth-order valence-electron chi connectivity index (χ4n) is 3.15. The summed E-state index contributed by atoms with van der Waals surface area (Å²) in [4.78, 5) is 36.8. The molecule has 0 bridgehead atoms. The monoisotopic (exact) mass is 422 g/mol. The van der Waals surface area contributed by atoms with Gasteiger partial charge in [0, 0.05) is 30.5 Å². The van der Waals surface area contributed by atoms with Crippen molar-refractivity contribution in [2.75, 3.05) is 7.05 Å². The molecule has 1 aromatic carbocycles. The van der Waals surface area contributed by atoms with Gasteiger partial charge in [-0.05, 0) is 38.0 Å². The molecule has 0 radical (unpaired) electrons. The molecule has 3 amide bonds. The molecular weight excluding hydrogens is 396 g/mol. The van der Waals surface area contributed by atoms with Crippen molar-refractivity contribution in [3.8, 4) is 6.07 Å². The lowest BCUT2D eigenvalue weighted by Gasteiger charge is -2.17. The van der Waals surface area contributed by atoms with E-state index in [2.05, 4.69) is 22.1 Å². The van der Waals surface area contributed by atoms with Crippen LogP contribution in [0.4, 0.5) is 4.79 Å². The van der Waals surface area contributed by atoms with E-state index in [1.807, 2.05) is 26.0 Å². The smallest absolute Gasteiger partial charge is 0.350 e. The molecule has 1 aromatic heterocycles. The number of rotatable bonds is 7. The summed E-state index contributed by atoms with van der Waals surface area (Å²) in [6.07, 6.45) is 1.01. The van der Waals surface area contributed by atoms with E-state index in [0.717, 1.165) is 29.9 Å². The van der Waals surface area contributed by atoms with Crippen LogP contribution >= 0.6 is 0 Å². The molecule has 0 saturated carbocycles. The van der Waals surface area contributed by atoms with Crippen LogP contribution < -0.4 is 10.6 Å². The fraction of sp³-hybridized carbons (Fsp3) is 0.304. The standard InChI is InChI=1S/C23H26N4O4/c1-5-11-27-15(2)12-18(16(27)3)13-19(14-24)22(29)31-20(17-9-7-6-8-10-17)21(28)26-23(30)25-4/h6-10,12-13,20H,5,11H2,1-4H3,(H2,25,26,28,30)/b19-13+/t20-/m0/s1. The van der Waals surface area contributed by atoms with Crippen LogP contribution in [0.3, 0.4) is 0 Å². The average molecular weight is 422 g/mol. The Kier molecular flexibility index (Phi) is 8.15. The number of esters is 1. The van der Waals surface area contributed by atoms with Gasteiger partial charge in [-0.1, -0.05) is 37.3 Å². The molecule has 0 fully saturated rings. The zero-order valence-corrected chi connectivity index (χ0v) is 18.1. The third-order valence-electron chi connectivity index (χ3n) is 4.73. The zero-order valence-electron chi connectivity index (χ0n) is 18.1. The fourth-order valence-corrected chi connectivity index (χ4v) is 3.15. The van der Waals surface area contributed by atoms with Gasteiger partial charge in [-0.3, -0.25) is 10.1 Å². The molecular formula is C23H26N4O4. The van der Waals surface area contributed by atoms with Crippen LogP contribution in [-0.4, -0.2) is 29.5 Å². The summed E-state index contributed by atoms with van der Waals surface area (Å²) in [5.41, 5.74) is 2.80. The molecule has 162 valence electrons. The number of hydrogen-bond donors (Lipinski definition) is 2. The van der Waals surface area contributed by atoms with Crippen LogP contribution in [0.15, 0.2) is 42.0 Å². The van der Waals surface area contributed by atoms with E-state index in [1.54, 1.807) is 30.3 Å². The molecule has 31 heavy (non-hydrogen) atoms. The topological polar surface area (TPSA) is 113 Å². The summed E-state index contributed by atoms with van der Waals surface area (Å²) in [5, 5.41) is 13.9. The summed E-state index contributed by atoms with van der Waals surface area (Å²) < 4.78 is 7.47. The van der Waals surface area contributed by atoms with Crippen LogP contribution in [0.2, 0.25) is 0 Å². The third kappa shape index (κ3) is 5.82. The van der Waals surface area contributed by atoms with Crippen molar-refractivity contribution in [3.05, 3.63) is 64.5 Å². The van der Waals surface area contributed by atoms with Crippen LogP contribution in [0, 0.1) is 25.2 Å². The maximum atomic E-state index is 12.8. The van der Waals surface area contributed by atoms with Crippen molar-refractivity contribution < 1.29 is 19.1 Å². The number of amides is 3. The first kappa shape index (κ1) is 23.4. The second-order valence-corrected chi connectivity index (χ2v) is 6.91. The minimum absolute atomic E-state index is 0.245. The Morgan fingerprint density at radius 2 is 1.90 bits per heavy atom. The SMILES string of the molecule is CCCn1c(C)cc(/C=C(\C#N)C(=O)O[C@H](C(=O)NC(=O)NC)c2ccccc2)c1C. The Hall–Kier alpha value is -3.86. The molecule has 0 aliphatic carbocycles. The highest BCUT2D eigenvalue weighted by Crippen LogP contribution is 2.22. The predicted octanol–water partition coefficient (Wildman–Crippen LogP) is 3.16. The second-order valence-electron chi connectivity index (χ2n) is 6.91. The van der Waals surface area contributed by atoms with Crippen molar-refractivity contribution >= 4 is 24.0 Å². The van der Waals surface area contributed by atoms with Crippen molar-refractivity contribution in [1.82, 2.24) is 15.2 Å². The van der Waals surface area contributed by atoms with Gasteiger partial charge in [0.05, 0.1) is 0 Å². The van der Waals surface area contributed by atoms with Crippen LogP contribution in [0.1, 0.15) is 42.0 Å². The van der Waals surface area contributed by atoms with Gasteiger partial charge >= 0.3 is 12.0 Å². The number of benzene rings is 1. The first-order chi connectivity index (χ1) is 14.8. The number of nitriles is 1. The minimum atomic E-state index is -1.39. The van der Waals surface area contributed by atoms with Crippen molar-refractivity contribution in [2.45, 2.75) is 39.8 Å². The van der Waals surface area contributed by atoms with E-state index >= 15 is 0 Å². The Morgan fingerprint density at radius 1 is 1.23 bits per heavy atom. The molecule has 0 spiro atoms. The highest BCUT2D eigenvalue weighted by molar-refractivity contribution is 6.01. The Bertz CT molecular complexity index is 1030. The molecule has 2 rings (SSSR count). The number of aromatic nitrogens is 1. The maximum absolute atomic E-state index is 12.8. The Morgan fingerprint density at radius 3 is 2.48 bits per heavy atom. The van der Waals surface area contributed by atoms with Gasteiger partial charge in [-0.25, -0.2) is 9.59 Å². The molecule has 0 aliphatic rings. The molecule has 2 aromatic rings. The van der Waals surface area contributed by atoms with Crippen LogP contribution in [-0.2, 0) is 20.9 Å². The van der Waals surface area contributed by atoms with Crippen LogP contribution in [0.25, 0.3) is 6.08 Å². The van der Waals surface area contributed by atoms with Gasteiger partial charge in [-0.2, -0.15) is 5.26 Å². The highest BCUT2D eigenvalue weighted by Gasteiger charge is 2.28. The number of urea groups is 1. The molecule has 0 aliphatic heterocycles. The van der Waals surface area contributed by atoms with Crippen molar-refractivity contribution in [2.24, 2.45) is 0 Å². The lowest BCUT2D eigenvalue weighted by Crippen LogP contribution is -2.41. The summed E-state index contributed by atoms with van der Waals surface area (Å²) in [5.74, 6) is -1.78. The molecule has 1 atom stereocenters. The van der Waals surface area contributed by atoms with Gasteiger partial charge in [0.25, 0.3) is 5.91 Å². The number of nitrogens with zero attached hydrogens (tertiary/aromatic N) is 2. The molecule has 1 heterocycles. The Balaban J connectivity index is 2.34. The Labute approximate surface area is 181 Å². The number of ether oxygens (including phenoxy) is 1. The summed E-state index contributed by atoms with van der Waals surface area (Å²) in [6, 6.07) is 11.3. The number of nitrogens with one attached hydrogen (secondary N) is 2. The molecule has 0 saturated heterocycles. The van der Waals surface area contributed by atoms with Crippen LogP contribution in [0.5, 0.6) is 0 Å². The maximum Gasteiger partial charge on any atom is 0.350 e. The highest BCUT2D eigenvalue weighted by atomic mass is 16.5. The lowest BCUT2D eigenvalue weighted by molar-refractivity contribution is -0.152. The van der Waals surface area contributed by atoms with Gasteiger partial charge in [0.1, 0.15) is 11.6 Å². The largest absolute Gasteiger partial charge is 0.443 e. The van der Waals surface area contributed by atoms with Gasteiger partial charge < -0.3 is 14.6 Å².